The highest BCUT2D eigenvalue weighted by molar-refractivity contribution is 5.68. The third-order valence-corrected chi connectivity index (χ3v) is 5.48. The van der Waals surface area contributed by atoms with Crippen molar-refractivity contribution in [3.05, 3.63) is 60.2 Å². The van der Waals surface area contributed by atoms with Crippen LogP contribution < -0.4 is 10.6 Å². The van der Waals surface area contributed by atoms with E-state index in [9.17, 15) is 4.39 Å². The smallest absolute Gasteiger partial charge is 0.223 e. The SMILES string of the molecule is FC1=CCC(C2=C(c3ccnc(NC4CCNCC4)n3)N3C=CON2C3)C=C1. The molecule has 3 aliphatic heterocycles. The van der Waals surface area contributed by atoms with E-state index in [1.54, 1.807) is 18.5 Å². The molecule has 146 valence electrons. The zero-order chi connectivity index (χ0) is 18.9. The van der Waals surface area contributed by atoms with Crippen LogP contribution >= 0.6 is 0 Å². The van der Waals surface area contributed by atoms with Gasteiger partial charge in [-0.25, -0.2) is 14.4 Å². The highest BCUT2D eigenvalue weighted by Gasteiger charge is 2.37. The maximum absolute atomic E-state index is 13.5. The minimum atomic E-state index is -0.191. The highest BCUT2D eigenvalue weighted by atomic mass is 19.1. The van der Waals surface area contributed by atoms with Crippen molar-refractivity contribution in [1.29, 1.82) is 0 Å². The van der Waals surface area contributed by atoms with Gasteiger partial charge in [-0.1, -0.05) is 6.08 Å². The van der Waals surface area contributed by atoms with Crippen molar-refractivity contribution in [3.63, 3.8) is 0 Å². The molecule has 0 saturated carbocycles. The Hall–Kier alpha value is -2.87. The van der Waals surface area contributed by atoms with Crippen LogP contribution in [-0.4, -0.2) is 45.7 Å². The summed E-state index contributed by atoms with van der Waals surface area (Å²) in [6.07, 6.45) is 13.1. The van der Waals surface area contributed by atoms with Crippen molar-refractivity contribution < 1.29 is 9.23 Å². The molecule has 0 amide bonds. The number of allylic oxidation sites excluding steroid dienone is 4. The number of hydrogen-bond donors (Lipinski definition) is 2. The van der Waals surface area contributed by atoms with Gasteiger partial charge in [0.1, 0.15) is 18.8 Å². The lowest BCUT2D eigenvalue weighted by molar-refractivity contribution is -0.0947. The van der Waals surface area contributed by atoms with Gasteiger partial charge in [0.05, 0.1) is 17.1 Å². The second-order valence-corrected chi connectivity index (χ2v) is 7.34. The summed E-state index contributed by atoms with van der Waals surface area (Å²) in [5, 5.41) is 8.68. The predicted octanol–water partition coefficient (Wildman–Crippen LogP) is 2.73. The molecule has 1 unspecified atom stereocenters. The van der Waals surface area contributed by atoms with Gasteiger partial charge >= 0.3 is 0 Å². The molecule has 0 aromatic carbocycles. The number of hydroxylamine groups is 2. The van der Waals surface area contributed by atoms with Crippen molar-refractivity contribution in [2.45, 2.75) is 25.3 Å². The normalized spacial score (nSPS) is 24.5. The highest BCUT2D eigenvalue weighted by Crippen LogP contribution is 2.40. The Kier molecular flexibility index (Phi) is 4.48. The fourth-order valence-electron chi connectivity index (χ4n) is 4.08. The predicted molar refractivity (Wildman–Crippen MR) is 104 cm³/mol. The van der Waals surface area contributed by atoms with Gasteiger partial charge in [-0.3, -0.25) is 0 Å². The van der Waals surface area contributed by atoms with Crippen molar-refractivity contribution in [2.75, 3.05) is 25.1 Å². The Morgan fingerprint density at radius 3 is 3.00 bits per heavy atom. The molecule has 1 aromatic heterocycles. The van der Waals surface area contributed by atoms with Crippen LogP contribution in [0.1, 0.15) is 25.0 Å². The summed E-state index contributed by atoms with van der Waals surface area (Å²) in [7, 11) is 0. The van der Waals surface area contributed by atoms with Gasteiger partial charge < -0.3 is 20.4 Å². The molecule has 1 aliphatic carbocycles. The molecule has 1 aromatic rings. The number of anilines is 1. The molecule has 8 heteroatoms. The molecule has 4 heterocycles. The number of piperidine rings is 1. The van der Waals surface area contributed by atoms with Crippen LogP contribution in [0.2, 0.25) is 0 Å². The van der Waals surface area contributed by atoms with Crippen molar-refractivity contribution in [2.24, 2.45) is 5.92 Å². The van der Waals surface area contributed by atoms with E-state index in [1.165, 1.54) is 6.08 Å². The number of rotatable bonds is 4. The quantitative estimate of drug-likeness (QED) is 0.830. The summed E-state index contributed by atoms with van der Waals surface area (Å²) in [5.74, 6) is 0.489. The molecule has 1 atom stereocenters. The average Bonchev–Trinajstić information content (AvgIpc) is 2.99. The average molecular weight is 382 g/mol. The molecule has 2 bridgehead atoms. The summed E-state index contributed by atoms with van der Waals surface area (Å²) >= 11 is 0. The van der Waals surface area contributed by atoms with Gasteiger partial charge in [0.2, 0.25) is 5.95 Å². The summed E-state index contributed by atoms with van der Waals surface area (Å²) in [4.78, 5) is 17.0. The second kappa shape index (κ2) is 7.27. The van der Waals surface area contributed by atoms with Gasteiger partial charge in [0.25, 0.3) is 0 Å². The summed E-state index contributed by atoms with van der Waals surface area (Å²) in [6.45, 7) is 2.62. The van der Waals surface area contributed by atoms with E-state index < -0.39 is 0 Å². The van der Waals surface area contributed by atoms with Gasteiger partial charge in [-0.2, -0.15) is 5.06 Å². The molecule has 2 N–H and O–H groups in total. The molecule has 0 spiro atoms. The van der Waals surface area contributed by atoms with E-state index in [2.05, 4.69) is 20.5 Å². The van der Waals surface area contributed by atoms with E-state index >= 15 is 0 Å². The maximum Gasteiger partial charge on any atom is 0.223 e. The van der Waals surface area contributed by atoms with Gasteiger partial charge in [0, 0.05) is 24.4 Å². The molecule has 4 aliphatic rings. The first kappa shape index (κ1) is 17.2. The fraction of sp³-hybridized carbons (Fsp3) is 0.400. The molecular formula is C20H23FN6O. The Morgan fingerprint density at radius 1 is 1.29 bits per heavy atom. The minimum absolute atomic E-state index is 0.0372. The molecule has 28 heavy (non-hydrogen) atoms. The van der Waals surface area contributed by atoms with Crippen LogP contribution in [0.5, 0.6) is 0 Å². The van der Waals surface area contributed by atoms with E-state index in [0.29, 0.717) is 25.1 Å². The Balaban J connectivity index is 1.47. The summed E-state index contributed by atoms with van der Waals surface area (Å²) in [6, 6.07) is 2.30. The summed E-state index contributed by atoms with van der Waals surface area (Å²) < 4.78 is 13.5. The lowest BCUT2D eigenvalue weighted by atomic mass is 9.95. The number of hydrogen-bond acceptors (Lipinski definition) is 7. The van der Waals surface area contributed by atoms with E-state index in [-0.39, 0.29) is 11.7 Å². The third kappa shape index (κ3) is 3.24. The molecule has 5 rings (SSSR count). The zero-order valence-electron chi connectivity index (χ0n) is 15.5. The largest absolute Gasteiger partial charge is 0.384 e. The van der Waals surface area contributed by atoms with Crippen molar-refractivity contribution in [3.8, 4) is 0 Å². The van der Waals surface area contributed by atoms with E-state index in [4.69, 9.17) is 9.82 Å². The number of aromatic nitrogens is 2. The molecule has 1 saturated heterocycles. The summed E-state index contributed by atoms with van der Waals surface area (Å²) in [5.41, 5.74) is 2.81. The van der Waals surface area contributed by atoms with Crippen LogP contribution in [0.3, 0.4) is 0 Å². The first-order valence-corrected chi connectivity index (χ1v) is 9.74. The van der Waals surface area contributed by atoms with Crippen LogP contribution in [0.4, 0.5) is 10.3 Å². The van der Waals surface area contributed by atoms with Crippen molar-refractivity contribution in [1.82, 2.24) is 25.2 Å². The number of nitrogens with zero attached hydrogens (tertiary/aromatic N) is 4. The molecule has 1 fully saturated rings. The van der Waals surface area contributed by atoms with Crippen LogP contribution in [-0.2, 0) is 4.84 Å². The maximum atomic E-state index is 13.5. The Morgan fingerprint density at radius 2 is 2.18 bits per heavy atom. The Labute approximate surface area is 163 Å². The number of fused-ring (bicyclic) bond motifs is 2. The fourth-order valence-corrected chi connectivity index (χ4v) is 4.08. The molecule has 0 radical (unpaired) electrons. The lowest BCUT2D eigenvalue weighted by Gasteiger charge is -2.26. The third-order valence-electron chi connectivity index (χ3n) is 5.48. The standard InChI is InChI=1S/C20H23FN6O/c21-15-3-1-14(2-4-15)18-19(26-11-12-28-27(18)13-26)17-7-10-23-20(25-17)24-16-5-8-22-9-6-16/h1,3-4,7,10-12,14,16,22H,2,5-6,8-9,13H2,(H,23,24,25). The first-order chi connectivity index (χ1) is 13.8. The number of nitrogens with one attached hydrogen (secondary N) is 2. The van der Waals surface area contributed by atoms with Crippen LogP contribution in [0.15, 0.2) is 54.5 Å². The zero-order valence-corrected chi connectivity index (χ0v) is 15.5. The molecular weight excluding hydrogens is 359 g/mol. The van der Waals surface area contributed by atoms with E-state index in [0.717, 1.165) is 43.0 Å². The first-order valence-electron chi connectivity index (χ1n) is 9.74. The van der Waals surface area contributed by atoms with Gasteiger partial charge in [-0.05, 0) is 50.6 Å². The monoisotopic (exact) mass is 382 g/mol. The topological polar surface area (TPSA) is 65.5 Å². The minimum Gasteiger partial charge on any atom is -0.384 e. The molecule has 7 nitrogen and oxygen atoms in total. The number of halogens is 1. The Bertz CT molecular complexity index is 873. The van der Waals surface area contributed by atoms with Crippen molar-refractivity contribution >= 4 is 11.6 Å². The van der Waals surface area contributed by atoms with Crippen LogP contribution in [0, 0.1) is 5.92 Å². The van der Waals surface area contributed by atoms with E-state index in [1.807, 2.05) is 23.4 Å². The lowest BCUT2D eigenvalue weighted by Crippen LogP contribution is -2.35. The van der Waals surface area contributed by atoms with Crippen LogP contribution in [0.25, 0.3) is 5.70 Å². The second-order valence-electron chi connectivity index (χ2n) is 7.34. The van der Waals surface area contributed by atoms with Gasteiger partial charge in [0.15, 0.2) is 0 Å². The van der Waals surface area contributed by atoms with Gasteiger partial charge in [-0.15, -0.1) is 0 Å².